The molecule has 3 saturated heterocycles. The summed E-state index contributed by atoms with van der Waals surface area (Å²) in [5.74, 6) is 5.35. The summed E-state index contributed by atoms with van der Waals surface area (Å²) >= 11 is 0. The summed E-state index contributed by atoms with van der Waals surface area (Å²) in [5.41, 5.74) is 2.56. The van der Waals surface area contributed by atoms with Crippen molar-refractivity contribution in [3.8, 4) is 17.2 Å². The van der Waals surface area contributed by atoms with Crippen LogP contribution in [-0.4, -0.2) is 58.0 Å². The molecule has 4 aliphatic carbocycles. The van der Waals surface area contributed by atoms with E-state index in [0.29, 0.717) is 19.8 Å². The molecule has 3 unspecified atom stereocenters. The van der Waals surface area contributed by atoms with Gasteiger partial charge < -0.3 is 28.4 Å². The zero-order valence-corrected chi connectivity index (χ0v) is 19.0. The van der Waals surface area contributed by atoms with Crippen molar-refractivity contribution in [2.75, 3.05) is 39.6 Å². The van der Waals surface area contributed by atoms with E-state index in [1.54, 1.807) is 0 Å². The summed E-state index contributed by atoms with van der Waals surface area (Å²) in [6.45, 7) is 6.29. The third kappa shape index (κ3) is 3.78. The molecule has 1 aromatic rings. The summed E-state index contributed by atoms with van der Waals surface area (Å²) < 4.78 is 35.6. The van der Waals surface area contributed by atoms with Crippen LogP contribution in [0.3, 0.4) is 0 Å². The maximum absolute atomic E-state index is 6.56. The number of rotatable bonds is 10. The fourth-order valence-electron chi connectivity index (χ4n) is 7.11. The van der Waals surface area contributed by atoms with E-state index >= 15 is 0 Å². The van der Waals surface area contributed by atoms with Crippen LogP contribution in [0.15, 0.2) is 6.07 Å². The summed E-state index contributed by atoms with van der Waals surface area (Å²) in [6, 6.07) is 2.13. The van der Waals surface area contributed by atoms with Crippen LogP contribution in [0, 0.1) is 24.7 Å². The largest absolute Gasteiger partial charge is 0.490 e. The van der Waals surface area contributed by atoms with Gasteiger partial charge in [-0.1, -0.05) is 0 Å². The third-order valence-corrected chi connectivity index (χ3v) is 8.48. The van der Waals surface area contributed by atoms with Gasteiger partial charge in [0.25, 0.3) is 0 Å². The monoisotopic (exact) mass is 442 g/mol. The van der Waals surface area contributed by atoms with Gasteiger partial charge in [-0.05, 0) is 63.2 Å². The lowest BCUT2D eigenvalue weighted by molar-refractivity contribution is -0.00786. The molecule has 4 saturated carbocycles. The number of epoxide rings is 3. The van der Waals surface area contributed by atoms with E-state index in [1.807, 2.05) is 0 Å². The normalized spacial score (nSPS) is 40.3. The zero-order chi connectivity index (χ0) is 21.3. The van der Waals surface area contributed by atoms with Crippen molar-refractivity contribution < 1.29 is 28.4 Å². The fourth-order valence-corrected chi connectivity index (χ4v) is 7.11. The fraction of sp³-hybridized carbons (Fsp3) is 0.769. The molecule has 6 nitrogen and oxygen atoms in total. The van der Waals surface area contributed by atoms with Gasteiger partial charge in [-0.25, -0.2) is 0 Å². The highest BCUT2D eigenvalue weighted by Crippen LogP contribution is 2.64. The van der Waals surface area contributed by atoms with Crippen LogP contribution in [-0.2, 0) is 19.6 Å². The standard InChI is InChI=1S/C26H34O6/c1-15-22(30-12-19-9-27-19)5-23(31-13-20-10-28-20)24(25(15)32-14-21-11-29-21)26-6-16-2-17(7-26)4-18(3-16)8-26/h5,16-21H,2-4,6-14H2,1H3. The highest BCUT2D eigenvalue weighted by atomic mass is 16.6. The molecule has 1 aromatic carbocycles. The molecule has 3 heterocycles. The average molecular weight is 443 g/mol. The van der Waals surface area contributed by atoms with E-state index < -0.39 is 0 Å². The van der Waals surface area contributed by atoms with Crippen molar-refractivity contribution in [1.29, 1.82) is 0 Å². The minimum atomic E-state index is 0.164. The molecule has 3 aliphatic heterocycles. The van der Waals surface area contributed by atoms with Gasteiger partial charge in [-0.3, -0.25) is 0 Å². The Hall–Kier alpha value is -1.50. The molecule has 7 fully saturated rings. The lowest BCUT2D eigenvalue weighted by atomic mass is 9.47. The first-order valence-corrected chi connectivity index (χ1v) is 12.6. The molecule has 3 atom stereocenters. The average Bonchev–Trinajstić information content (AvgIpc) is 3.59. The minimum absolute atomic E-state index is 0.164. The van der Waals surface area contributed by atoms with Gasteiger partial charge in [0.15, 0.2) is 0 Å². The van der Waals surface area contributed by atoms with Gasteiger partial charge in [0.1, 0.15) is 55.4 Å². The van der Waals surface area contributed by atoms with Gasteiger partial charge in [0.2, 0.25) is 0 Å². The van der Waals surface area contributed by atoms with Crippen LogP contribution in [0.4, 0.5) is 0 Å². The Bertz CT molecular complexity index is 850. The highest BCUT2D eigenvalue weighted by molar-refractivity contribution is 5.60. The van der Waals surface area contributed by atoms with Gasteiger partial charge in [0.05, 0.1) is 19.8 Å². The van der Waals surface area contributed by atoms with Crippen molar-refractivity contribution in [2.45, 2.75) is 69.2 Å². The second-order valence-electron chi connectivity index (χ2n) is 11.2. The third-order valence-electron chi connectivity index (χ3n) is 8.48. The zero-order valence-electron chi connectivity index (χ0n) is 19.0. The molecule has 4 bridgehead atoms. The molecular weight excluding hydrogens is 408 g/mol. The smallest absolute Gasteiger partial charge is 0.133 e. The van der Waals surface area contributed by atoms with Gasteiger partial charge >= 0.3 is 0 Å². The van der Waals surface area contributed by atoms with Crippen molar-refractivity contribution in [1.82, 2.24) is 0 Å². The second-order valence-corrected chi connectivity index (χ2v) is 11.2. The quantitative estimate of drug-likeness (QED) is 0.514. The summed E-state index contributed by atoms with van der Waals surface area (Å²) in [6.07, 6.45) is 8.69. The van der Waals surface area contributed by atoms with Crippen molar-refractivity contribution >= 4 is 0 Å². The number of hydrogen-bond donors (Lipinski definition) is 0. The molecule has 0 aromatic heterocycles. The van der Waals surface area contributed by atoms with Gasteiger partial charge in [0, 0.05) is 22.6 Å². The Labute approximate surface area is 189 Å². The molecule has 0 amide bonds. The molecule has 0 radical (unpaired) electrons. The van der Waals surface area contributed by atoms with Crippen LogP contribution in [0.25, 0.3) is 0 Å². The molecule has 32 heavy (non-hydrogen) atoms. The Morgan fingerprint density at radius 3 is 1.72 bits per heavy atom. The van der Waals surface area contributed by atoms with E-state index in [2.05, 4.69) is 13.0 Å². The van der Waals surface area contributed by atoms with Gasteiger partial charge in [-0.2, -0.15) is 0 Å². The Morgan fingerprint density at radius 2 is 1.22 bits per heavy atom. The highest BCUT2D eigenvalue weighted by Gasteiger charge is 2.54. The first-order chi connectivity index (χ1) is 15.6. The first kappa shape index (κ1) is 19.9. The van der Waals surface area contributed by atoms with Crippen molar-refractivity contribution in [3.05, 3.63) is 17.2 Å². The molecule has 0 N–H and O–H groups in total. The maximum atomic E-state index is 6.56. The molecule has 0 spiro atoms. The van der Waals surface area contributed by atoms with E-state index in [1.165, 1.54) is 44.1 Å². The molecule has 174 valence electrons. The number of ether oxygens (including phenoxy) is 6. The maximum Gasteiger partial charge on any atom is 0.133 e. The van der Waals surface area contributed by atoms with Crippen molar-refractivity contribution in [3.63, 3.8) is 0 Å². The number of hydrogen-bond acceptors (Lipinski definition) is 6. The lowest BCUT2D eigenvalue weighted by Crippen LogP contribution is -2.49. The van der Waals surface area contributed by atoms with E-state index in [-0.39, 0.29) is 23.7 Å². The van der Waals surface area contributed by atoms with E-state index in [9.17, 15) is 0 Å². The van der Waals surface area contributed by atoms with E-state index in [0.717, 1.165) is 60.4 Å². The minimum Gasteiger partial charge on any atom is -0.490 e. The van der Waals surface area contributed by atoms with Gasteiger partial charge in [-0.15, -0.1) is 0 Å². The summed E-state index contributed by atoms with van der Waals surface area (Å²) in [5, 5.41) is 0. The molecule has 6 heteroatoms. The Kier molecular flexibility index (Phi) is 4.67. The first-order valence-electron chi connectivity index (χ1n) is 12.6. The second kappa shape index (κ2) is 7.51. The van der Waals surface area contributed by atoms with Crippen LogP contribution >= 0.6 is 0 Å². The van der Waals surface area contributed by atoms with Crippen LogP contribution in [0.5, 0.6) is 17.2 Å². The molecule has 7 aliphatic rings. The topological polar surface area (TPSA) is 65.3 Å². The molecular formula is C26H34O6. The van der Waals surface area contributed by atoms with Crippen LogP contribution in [0.2, 0.25) is 0 Å². The van der Waals surface area contributed by atoms with E-state index in [4.69, 9.17) is 28.4 Å². The Balaban J connectivity index is 1.30. The summed E-state index contributed by atoms with van der Waals surface area (Å²) in [4.78, 5) is 0. The Morgan fingerprint density at radius 1 is 0.750 bits per heavy atom. The van der Waals surface area contributed by atoms with Crippen LogP contribution in [0.1, 0.15) is 49.7 Å². The molecule has 8 rings (SSSR count). The summed E-state index contributed by atoms with van der Waals surface area (Å²) in [7, 11) is 0. The predicted octanol–water partition coefficient (Wildman–Crippen LogP) is 3.80. The van der Waals surface area contributed by atoms with Crippen molar-refractivity contribution in [2.24, 2.45) is 17.8 Å². The lowest BCUT2D eigenvalue weighted by Gasteiger charge is -2.57. The predicted molar refractivity (Wildman–Crippen MR) is 117 cm³/mol. The SMILES string of the molecule is Cc1c(OCC2CO2)cc(OCC2CO2)c(C23CC4CC(CC(C4)C2)C3)c1OCC1CO1. The van der Waals surface area contributed by atoms with Crippen LogP contribution < -0.4 is 14.2 Å². The number of benzene rings is 1.